The molecule has 0 saturated heterocycles. The van der Waals surface area contributed by atoms with E-state index in [2.05, 4.69) is 5.43 Å². The molecule has 3 N–H and O–H groups in total. The molecule has 2 rings (SSSR count). The molecule has 1 atom stereocenters. The number of benzene rings is 1. The normalized spacial score (nSPS) is 18.8. The average molecular weight is 261 g/mol. The third-order valence-corrected chi connectivity index (χ3v) is 3.53. The van der Waals surface area contributed by atoms with E-state index < -0.39 is 11.4 Å². The second-order valence-corrected chi connectivity index (χ2v) is 4.94. The molecular formula is C12H15ClF2N2. The molecule has 0 aliphatic heterocycles. The van der Waals surface area contributed by atoms with Gasteiger partial charge in [0.15, 0.2) is 0 Å². The van der Waals surface area contributed by atoms with Crippen molar-refractivity contribution in [3.8, 4) is 0 Å². The molecule has 1 saturated carbocycles. The summed E-state index contributed by atoms with van der Waals surface area (Å²) in [6.07, 6.45) is 3.46. The van der Waals surface area contributed by atoms with Crippen LogP contribution in [0.15, 0.2) is 24.3 Å². The zero-order valence-electron chi connectivity index (χ0n) is 9.30. The van der Waals surface area contributed by atoms with Gasteiger partial charge in [-0.3, -0.25) is 5.84 Å². The lowest BCUT2D eigenvalue weighted by atomic mass is 9.79. The van der Waals surface area contributed by atoms with E-state index >= 15 is 0 Å². The highest BCUT2D eigenvalue weighted by atomic mass is 35.5. The maximum absolute atomic E-state index is 13.1. The number of alkyl halides is 3. The number of nitrogens with one attached hydrogen (secondary N) is 1. The molecule has 1 unspecified atom stereocenters. The first-order chi connectivity index (χ1) is 8.02. The second-order valence-electron chi connectivity index (χ2n) is 4.44. The third kappa shape index (κ3) is 2.76. The predicted molar refractivity (Wildman–Crippen MR) is 63.9 cm³/mol. The molecule has 0 amide bonds. The fraction of sp³-hybridized carbons (Fsp3) is 0.500. The molecule has 1 aromatic rings. The molecule has 0 bridgehead atoms. The third-order valence-electron chi connectivity index (χ3n) is 3.31. The van der Waals surface area contributed by atoms with E-state index in [-0.39, 0.29) is 0 Å². The van der Waals surface area contributed by atoms with Crippen LogP contribution in [0.2, 0.25) is 0 Å². The minimum absolute atomic E-state index is 0.428. The van der Waals surface area contributed by atoms with Gasteiger partial charge in [-0.25, -0.2) is 5.43 Å². The van der Waals surface area contributed by atoms with Gasteiger partial charge in [-0.2, -0.15) is 8.78 Å². The van der Waals surface area contributed by atoms with Crippen LogP contribution in [0.25, 0.3) is 0 Å². The van der Waals surface area contributed by atoms with Gasteiger partial charge in [0.05, 0.1) is 0 Å². The van der Waals surface area contributed by atoms with Gasteiger partial charge in [0.2, 0.25) is 0 Å². The van der Waals surface area contributed by atoms with Gasteiger partial charge in [-0.15, -0.1) is 0 Å². The summed E-state index contributed by atoms with van der Waals surface area (Å²) in [5.74, 6) is 5.65. The summed E-state index contributed by atoms with van der Waals surface area (Å²) < 4.78 is 26.2. The van der Waals surface area contributed by atoms with Gasteiger partial charge in [0.1, 0.15) is 6.04 Å². The molecule has 1 aliphatic rings. The van der Waals surface area contributed by atoms with Crippen molar-refractivity contribution in [3.05, 3.63) is 35.4 Å². The first-order valence-corrected chi connectivity index (χ1v) is 6.03. The summed E-state index contributed by atoms with van der Waals surface area (Å²) in [6, 6.07) is 5.76. The Morgan fingerprint density at radius 1 is 1.41 bits per heavy atom. The Hall–Kier alpha value is -0.710. The van der Waals surface area contributed by atoms with Crippen LogP contribution >= 0.6 is 11.6 Å². The van der Waals surface area contributed by atoms with Crippen molar-refractivity contribution in [1.29, 1.82) is 0 Å². The van der Waals surface area contributed by atoms with Crippen molar-refractivity contribution in [2.75, 3.05) is 0 Å². The summed E-state index contributed by atoms with van der Waals surface area (Å²) in [5, 5.41) is -3.40. The van der Waals surface area contributed by atoms with Crippen LogP contribution in [0.5, 0.6) is 0 Å². The van der Waals surface area contributed by atoms with Crippen molar-refractivity contribution in [3.63, 3.8) is 0 Å². The van der Waals surface area contributed by atoms with E-state index in [0.717, 1.165) is 18.4 Å². The van der Waals surface area contributed by atoms with Crippen LogP contribution in [0.3, 0.4) is 0 Å². The summed E-state index contributed by atoms with van der Waals surface area (Å²) in [4.78, 5) is 0. The second kappa shape index (κ2) is 4.88. The lowest BCUT2D eigenvalue weighted by molar-refractivity contribution is 0.0497. The lowest BCUT2D eigenvalue weighted by Crippen LogP contribution is -2.37. The number of halogens is 3. The molecule has 94 valence electrons. The highest BCUT2D eigenvalue weighted by molar-refractivity contribution is 6.22. The first kappa shape index (κ1) is 12.7. The van der Waals surface area contributed by atoms with Gasteiger partial charge < -0.3 is 0 Å². The monoisotopic (exact) mass is 260 g/mol. The maximum atomic E-state index is 13.1. The molecule has 1 aliphatic carbocycles. The van der Waals surface area contributed by atoms with Crippen molar-refractivity contribution >= 4 is 11.6 Å². The van der Waals surface area contributed by atoms with Crippen LogP contribution in [0, 0.1) is 0 Å². The largest absolute Gasteiger partial charge is 0.342 e. The van der Waals surface area contributed by atoms with Crippen molar-refractivity contribution in [1.82, 2.24) is 5.43 Å². The van der Waals surface area contributed by atoms with Crippen LogP contribution in [-0.2, 0) is 0 Å². The molecule has 2 nitrogen and oxygen atoms in total. The summed E-state index contributed by atoms with van der Waals surface area (Å²) >= 11 is 5.04. The molecule has 0 heterocycles. The van der Waals surface area contributed by atoms with E-state index in [9.17, 15) is 8.78 Å². The van der Waals surface area contributed by atoms with Gasteiger partial charge in [0.25, 0.3) is 0 Å². The lowest BCUT2D eigenvalue weighted by Gasteiger charge is -2.27. The van der Waals surface area contributed by atoms with E-state index in [1.54, 1.807) is 18.2 Å². The number of hydrogen-bond acceptors (Lipinski definition) is 2. The topological polar surface area (TPSA) is 38.0 Å². The zero-order valence-corrected chi connectivity index (χ0v) is 10.1. The summed E-state index contributed by atoms with van der Waals surface area (Å²) in [6.45, 7) is 0. The number of rotatable bonds is 4. The number of nitrogens with two attached hydrogens (primary N) is 1. The summed E-state index contributed by atoms with van der Waals surface area (Å²) in [7, 11) is 0. The molecule has 0 radical (unpaired) electrons. The zero-order chi connectivity index (χ0) is 12.5. The van der Waals surface area contributed by atoms with Crippen LogP contribution in [0.1, 0.15) is 42.3 Å². The Morgan fingerprint density at radius 3 is 2.59 bits per heavy atom. The minimum atomic E-state index is -3.40. The quantitative estimate of drug-likeness (QED) is 0.495. The van der Waals surface area contributed by atoms with Gasteiger partial charge in [-0.1, -0.05) is 30.7 Å². The highest BCUT2D eigenvalue weighted by Crippen LogP contribution is 2.39. The van der Waals surface area contributed by atoms with E-state index in [1.807, 2.05) is 6.07 Å². The highest BCUT2D eigenvalue weighted by Gasteiger charge is 2.38. The minimum Gasteiger partial charge on any atom is -0.271 e. The van der Waals surface area contributed by atoms with Gasteiger partial charge in [-0.05, 0) is 41.5 Å². The molecule has 1 fully saturated rings. The predicted octanol–water partition coefficient (Wildman–Crippen LogP) is 3.29. The van der Waals surface area contributed by atoms with E-state index in [4.69, 9.17) is 17.4 Å². The fourth-order valence-electron chi connectivity index (χ4n) is 2.11. The van der Waals surface area contributed by atoms with Gasteiger partial charge in [0, 0.05) is 0 Å². The van der Waals surface area contributed by atoms with Crippen molar-refractivity contribution in [2.45, 2.75) is 36.6 Å². The standard InChI is InChI=1S/C12H15ClF2N2/c13-12(14,15)11(17-16)10-6-2-5-9(7-10)8-3-1-4-8/h2,5-8,11,17H,1,3-4,16H2. The maximum Gasteiger partial charge on any atom is 0.342 e. The van der Waals surface area contributed by atoms with Crippen molar-refractivity contribution in [2.24, 2.45) is 5.84 Å². The Kier molecular flexibility index (Phi) is 3.66. The first-order valence-electron chi connectivity index (χ1n) is 5.65. The number of hydrogen-bond donors (Lipinski definition) is 2. The average Bonchev–Trinajstić information content (AvgIpc) is 2.14. The molecule has 0 aromatic heterocycles. The molecular weight excluding hydrogens is 246 g/mol. The molecule has 0 spiro atoms. The van der Waals surface area contributed by atoms with Crippen molar-refractivity contribution < 1.29 is 8.78 Å². The van der Waals surface area contributed by atoms with Crippen LogP contribution < -0.4 is 11.3 Å². The number of hydrazine groups is 1. The SMILES string of the molecule is NNC(c1cccc(C2CCC2)c1)C(F)(F)Cl. The Bertz CT molecular complexity index is 388. The fourth-order valence-corrected chi connectivity index (χ4v) is 2.30. The Balaban J connectivity index is 2.24. The smallest absolute Gasteiger partial charge is 0.271 e. The Morgan fingerprint density at radius 2 is 2.12 bits per heavy atom. The molecule has 17 heavy (non-hydrogen) atoms. The van der Waals surface area contributed by atoms with Gasteiger partial charge >= 0.3 is 5.38 Å². The van der Waals surface area contributed by atoms with Crippen LogP contribution in [0.4, 0.5) is 8.78 Å². The molecule has 1 aromatic carbocycles. The van der Waals surface area contributed by atoms with Crippen LogP contribution in [-0.4, -0.2) is 5.38 Å². The van der Waals surface area contributed by atoms with E-state index in [1.165, 1.54) is 6.42 Å². The van der Waals surface area contributed by atoms with E-state index in [0.29, 0.717) is 11.5 Å². The molecule has 5 heteroatoms. The Labute approximate surface area is 104 Å². The summed E-state index contributed by atoms with van der Waals surface area (Å²) in [5.41, 5.74) is 3.60.